The summed E-state index contributed by atoms with van der Waals surface area (Å²) >= 11 is 0. The molecule has 0 aliphatic rings. The van der Waals surface area contributed by atoms with E-state index in [0.717, 1.165) is 5.56 Å². The molecule has 0 heterocycles. The highest BCUT2D eigenvalue weighted by molar-refractivity contribution is 7.86. The van der Waals surface area contributed by atoms with Crippen LogP contribution in [-0.4, -0.2) is 57.4 Å². The molecule has 120 valence electrons. The van der Waals surface area contributed by atoms with Gasteiger partial charge in [0.2, 0.25) is 0 Å². The molecule has 1 aromatic carbocycles. The molecule has 1 rings (SSSR count). The Labute approximate surface area is 127 Å². The average Bonchev–Trinajstić information content (AvgIpc) is 2.49. The van der Waals surface area contributed by atoms with Gasteiger partial charge in [0.1, 0.15) is 0 Å². The normalized spacial score (nSPS) is 12.2. The quantitative estimate of drug-likeness (QED) is 0.688. The standard InChI is InChI=1S/C14H25N3O3S/c1-16(11-12-20-2)21(18,19)17(10-6-9-15)13-14-7-4-3-5-8-14/h3-5,7-8H,6,9-13,15H2,1-2H3. The molecule has 0 amide bonds. The van der Waals surface area contributed by atoms with Crippen molar-refractivity contribution in [2.75, 3.05) is 40.4 Å². The number of nitrogens with two attached hydrogens (primary N) is 1. The number of methoxy groups -OCH3 is 1. The lowest BCUT2D eigenvalue weighted by molar-refractivity contribution is 0.182. The van der Waals surface area contributed by atoms with Gasteiger partial charge in [0.25, 0.3) is 10.2 Å². The Hall–Kier alpha value is -0.990. The summed E-state index contributed by atoms with van der Waals surface area (Å²) in [5, 5.41) is 0. The molecular formula is C14H25N3O3S. The first-order valence-electron chi connectivity index (χ1n) is 6.96. The minimum absolute atomic E-state index is 0.326. The maximum absolute atomic E-state index is 12.6. The minimum Gasteiger partial charge on any atom is -0.383 e. The summed E-state index contributed by atoms with van der Waals surface area (Å²) in [5.74, 6) is 0. The fourth-order valence-electron chi connectivity index (χ4n) is 1.86. The second kappa shape index (κ2) is 9.11. The number of benzene rings is 1. The van der Waals surface area contributed by atoms with Gasteiger partial charge in [0, 0.05) is 33.8 Å². The monoisotopic (exact) mass is 315 g/mol. The molecule has 6 nitrogen and oxygen atoms in total. The van der Waals surface area contributed by atoms with Gasteiger partial charge in [-0.3, -0.25) is 0 Å². The third-order valence-electron chi connectivity index (χ3n) is 3.14. The molecule has 0 radical (unpaired) electrons. The van der Waals surface area contributed by atoms with Gasteiger partial charge in [0.05, 0.1) is 6.61 Å². The van der Waals surface area contributed by atoms with Crippen molar-refractivity contribution in [3.63, 3.8) is 0 Å². The smallest absolute Gasteiger partial charge is 0.282 e. The maximum atomic E-state index is 12.6. The summed E-state index contributed by atoms with van der Waals surface area (Å²) in [7, 11) is -0.396. The van der Waals surface area contributed by atoms with Gasteiger partial charge in [-0.05, 0) is 18.5 Å². The Bertz CT molecular complexity index is 493. The molecule has 0 aliphatic heterocycles. The highest BCUT2D eigenvalue weighted by atomic mass is 32.2. The van der Waals surface area contributed by atoms with Crippen LogP contribution in [0.4, 0.5) is 0 Å². The summed E-state index contributed by atoms with van der Waals surface area (Å²) < 4.78 is 32.9. The van der Waals surface area contributed by atoms with Crippen molar-refractivity contribution in [1.82, 2.24) is 8.61 Å². The number of hydrogen-bond acceptors (Lipinski definition) is 4. The van der Waals surface area contributed by atoms with Crippen molar-refractivity contribution in [2.24, 2.45) is 5.73 Å². The molecule has 1 aromatic rings. The number of rotatable bonds is 10. The molecule has 0 saturated carbocycles. The van der Waals surface area contributed by atoms with Gasteiger partial charge in [-0.25, -0.2) is 0 Å². The minimum atomic E-state index is -3.51. The predicted molar refractivity (Wildman–Crippen MR) is 83.9 cm³/mol. The molecule has 0 unspecified atom stereocenters. The van der Waals surface area contributed by atoms with Crippen molar-refractivity contribution >= 4 is 10.2 Å². The second-order valence-corrected chi connectivity index (χ2v) is 6.82. The first-order valence-corrected chi connectivity index (χ1v) is 8.36. The molecule has 21 heavy (non-hydrogen) atoms. The lowest BCUT2D eigenvalue weighted by atomic mass is 10.2. The van der Waals surface area contributed by atoms with E-state index in [1.807, 2.05) is 30.3 Å². The van der Waals surface area contributed by atoms with Crippen molar-refractivity contribution in [2.45, 2.75) is 13.0 Å². The number of ether oxygens (including phenoxy) is 1. The Balaban J connectivity index is 2.84. The fourth-order valence-corrected chi connectivity index (χ4v) is 3.23. The molecule has 0 aromatic heterocycles. The van der Waals surface area contributed by atoms with Crippen LogP contribution in [0.15, 0.2) is 30.3 Å². The van der Waals surface area contributed by atoms with Crippen LogP contribution in [0.1, 0.15) is 12.0 Å². The van der Waals surface area contributed by atoms with Crippen LogP contribution in [0.3, 0.4) is 0 Å². The van der Waals surface area contributed by atoms with Crippen LogP contribution in [0.25, 0.3) is 0 Å². The highest BCUT2D eigenvalue weighted by Gasteiger charge is 2.26. The van der Waals surface area contributed by atoms with Gasteiger partial charge in [0.15, 0.2) is 0 Å². The lowest BCUT2D eigenvalue weighted by Crippen LogP contribution is -2.43. The summed E-state index contributed by atoms with van der Waals surface area (Å²) in [5.41, 5.74) is 6.47. The topological polar surface area (TPSA) is 75.9 Å². The number of likely N-dealkylation sites (N-methyl/N-ethyl adjacent to an activating group) is 1. The maximum Gasteiger partial charge on any atom is 0.282 e. The van der Waals surface area contributed by atoms with Crippen LogP contribution in [-0.2, 0) is 21.5 Å². The molecule has 2 N–H and O–H groups in total. The Kier molecular flexibility index (Phi) is 7.84. The molecule has 0 bridgehead atoms. The van der Waals surface area contributed by atoms with Crippen LogP contribution in [0.2, 0.25) is 0 Å². The van der Waals surface area contributed by atoms with Gasteiger partial charge in [-0.1, -0.05) is 30.3 Å². The van der Waals surface area contributed by atoms with Crippen molar-refractivity contribution in [3.8, 4) is 0 Å². The van der Waals surface area contributed by atoms with Crippen molar-refractivity contribution < 1.29 is 13.2 Å². The van der Waals surface area contributed by atoms with Crippen LogP contribution in [0.5, 0.6) is 0 Å². The average molecular weight is 315 g/mol. The third-order valence-corrected chi connectivity index (χ3v) is 5.08. The zero-order valence-corrected chi connectivity index (χ0v) is 13.6. The van der Waals surface area contributed by atoms with Crippen LogP contribution >= 0.6 is 0 Å². The van der Waals surface area contributed by atoms with Crippen LogP contribution in [0, 0.1) is 0 Å². The first kappa shape index (κ1) is 18.1. The molecule has 0 fully saturated rings. The molecular weight excluding hydrogens is 290 g/mol. The summed E-state index contributed by atoms with van der Waals surface area (Å²) in [6, 6.07) is 9.54. The zero-order chi connectivity index (χ0) is 15.7. The van der Waals surface area contributed by atoms with Crippen molar-refractivity contribution in [3.05, 3.63) is 35.9 Å². The molecule has 7 heteroatoms. The van der Waals surface area contributed by atoms with E-state index >= 15 is 0 Å². The summed E-state index contributed by atoms with van der Waals surface area (Å²) in [6.07, 6.45) is 0.629. The predicted octanol–water partition coefficient (Wildman–Crippen LogP) is 0.660. The molecule has 0 spiro atoms. The van der Waals surface area contributed by atoms with E-state index < -0.39 is 10.2 Å². The van der Waals surface area contributed by atoms with E-state index in [-0.39, 0.29) is 0 Å². The summed E-state index contributed by atoms with van der Waals surface area (Å²) in [6.45, 7) is 1.91. The largest absolute Gasteiger partial charge is 0.383 e. The van der Waals surface area contributed by atoms with E-state index in [1.54, 1.807) is 14.2 Å². The highest BCUT2D eigenvalue weighted by Crippen LogP contribution is 2.12. The Morgan fingerprint density at radius 2 is 1.86 bits per heavy atom. The van der Waals surface area contributed by atoms with Crippen molar-refractivity contribution in [1.29, 1.82) is 0 Å². The molecule has 0 atom stereocenters. The number of nitrogens with zero attached hydrogens (tertiary/aromatic N) is 2. The second-order valence-electron chi connectivity index (χ2n) is 4.78. The summed E-state index contributed by atoms with van der Waals surface area (Å²) in [4.78, 5) is 0. The lowest BCUT2D eigenvalue weighted by Gasteiger charge is -2.27. The van der Waals surface area contributed by atoms with Gasteiger partial charge in [-0.15, -0.1) is 0 Å². The van der Waals surface area contributed by atoms with E-state index in [0.29, 0.717) is 39.2 Å². The fraction of sp³-hybridized carbons (Fsp3) is 0.571. The Morgan fingerprint density at radius 1 is 1.19 bits per heavy atom. The first-order chi connectivity index (χ1) is 10.0. The van der Waals surface area contributed by atoms with E-state index in [1.165, 1.54) is 8.61 Å². The van der Waals surface area contributed by atoms with E-state index in [2.05, 4.69) is 0 Å². The van der Waals surface area contributed by atoms with Gasteiger partial charge in [-0.2, -0.15) is 17.0 Å². The number of hydrogen-bond donors (Lipinski definition) is 1. The van der Waals surface area contributed by atoms with E-state index in [9.17, 15) is 8.42 Å². The SMILES string of the molecule is COCCN(C)S(=O)(=O)N(CCCN)Cc1ccccc1. The zero-order valence-electron chi connectivity index (χ0n) is 12.7. The third kappa shape index (κ3) is 5.72. The Morgan fingerprint density at radius 3 is 2.43 bits per heavy atom. The van der Waals surface area contributed by atoms with E-state index in [4.69, 9.17) is 10.5 Å². The van der Waals surface area contributed by atoms with Gasteiger partial charge >= 0.3 is 0 Å². The molecule has 0 saturated heterocycles. The van der Waals surface area contributed by atoms with Crippen LogP contribution < -0.4 is 5.73 Å². The van der Waals surface area contributed by atoms with Gasteiger partial charge < -0.3 is 10.5 Å². The molecule has 0 aliphatic carbocycles.